The van der Waals surface area contributed by atoms with Gasteiger partial charge in [0.05, 0.1) is 6.54 Å². The van der Waals surface area contributed by atoms with E-state index < -0.39 is 0 Å². The third-order valence-electron chi connectivity index (χ3n) is 2.44. The van der Waals surface area contributed by atoms with Crippen molar-refractivity contribution in [2.75, 3.05) is 18.0 Å². The van der Waals surface area contributed by atoms with Crippen LogP contribution in [0.25, 0.3) is 0 Å². The van der Waals surface area contributed by atoms with E-state index in [1.54, 1.807) is 4.90 Å². The lowest BCUT2D eigenvalue weighted by Gasteiger charge is -2.19. The monoisotopic (exact) mass is 330 g/mol. The minimum absolute atomic E-state index is 0.0629. The number of nitrogens with zero attached hydrogens (tertiary/aromatic N) is 1. The second kappa shape index (κ2) is 4.82. The van der Waals surface area contributed by atoms with E-state index in [0.29, 0.717) is 13.0 Å². The molecular formula is C11H11IN2O2. The highest BCUT2D eigenvalue weighted by Crippen LogP contribution is 2.17. The molecule has 0 spiro atoms. The van der Waals surface area contributed by atoms with Crippen LogP contribution in [0, 0.1) is 3.57 Å². The standard InChI is InChI=1S/C11H11IN2O2/c12-8-1-3-9(4-2-8)14-6-5-10(15)13-7-11(14)16/h1-4H,5-7H2,(H,13,15). The predicted octanol–water partition coefficient (Wildman–Crippen LogP) is 1.14. The van der Waals surface area contributed by atoms with Gasteiger partial charge in [0.25, 0.3) is 0 Å². The molecule has 0 aromatic heterocycles. The Balaban J connectivity index is 2.21. The van der Waals surface area contributed by atoms with Crippen molar-refractivity contribution in [1.82, 2.24) is 5.32 Å². The van der Waals surface area contributed by atoms with Gasteiger partial charge in [0.1, 0.15) is 0 Å². The molecule has 0 bridgehead atoms. The molecule has 1 aliphatic rings. The molecule has 84 valence electrons. The minimum Gasteiger partial charge on any atom is -0.347 e. The number of halogens is 1. The predicted molar refractivity (Wildman–Crippen MR) is 69.1 cm³/mol. The average molecular weight is 330 g/mol. The number of hydrogen-bond donors (Lipinski definition) is 1. The maximum absolute atomic E-state index is 11.8. The Morgan fingerprint density at radius 3 is 2.56 bits per heavy atom. The van der Waals surface area contributed by atoms with E-state index in [4.69, 9.17) is 0 Å². The first kappa shape index (κ1) is 11.4. The van der Waals surface area contributed by atoms with Gasteiger partial charge in [-0.25, -0.2) is 0 Å². The average Bonchev–Trinajstić information content (AvgIpc) is 2.44. The Labute approximate surface area is 107 Å². The molecule has 0 radical (unpaired) electrons. The van der Waals surface area contributed by atoms with Gasteiger partial charge in [0.15, 0.2) is 0 Å². The van der Waals surface area contributed by atoms with Gasteiger partial charge in [0, 0.05) is 22.2 Å². The van der Waals surface area contributed by atoms with Crippen LogP contribution < -0.4 is 10.2 Å². The van der Waals surface area contributed by atoms with Crippen molar-refractivity contribution in [1.29, 1.82) is 0 Å². The third-order valence-corrected chi connectivity index (χ3v) is 3.16. The number of nitrogens with one attached hydrogen (secondary N) is 1. The van der Waals surface area contributed by atoms with Gasteiger partial charge in [0.2, 0.25) is 11.8 Å². The summed E-state index contributed by atoms with van der Waals surface area (Å²) in [6.07, 6.45) is 0.359. The van der Waals surface area contributed by atoms with Crippen LogP contribution in [0.1, 0.15) is 6.42 Å². The van der Waals surface area contributed by atoms with E-state index in [9.17, 15) is 9.59 Å². The summed E-state index contributed by atoms with van der Waals surface area (Å²) in [7, 11) is 0. The van der Waals surface area contributed by atoms with Crippen molar-refractivity contribution in [2.45, 2.75) is 6.42 Å². The Morgan fingerprint density at radius 1 is 1.19 bits per heavy atom. The SMILES string of the molecule is O=C1CCN(c2ccc(I)cc2)C(=O)CN1. The summed E-state index contributed by atoms with van der Waals surface area (Å²) in [4.78, 5) is 24.6. The van der Waals surface area contributed by atoms with Gasteiger partial charge in [-0.2, -0.15) is 0 Å². The van der Waals surface area contributed by atoms with Crippen LogP contribution in [0.4, 0.5) is 5.69 Å². The largest absolute Gasteiger partial charge is 0.347 e. The molecule has 0 unspecified atom stereocenters. The van der Waals surface area contributed by atoms with Crippen LogP contribution in [-0.4, -0.2) is 24.9 Å². The fraction of sp³-hybridized carbons (Fsp3) is 0.273. The van der Waals surface area contributed by atoms with Crippen molar-refractivity contribution in [3.63, 3.8) is 0 Å². The van der Waals surface area contributed by atoms with Crippen LogP contribution in [0.5, 0.6) is 0 Å². The summed E-state index contributed by atoms with van der Waals surface area (Å²) in [6.45, 7) is 0.538. The summed E-state index contributed by atoms with van der Waals surface area (Å²) in [5.74, 6) is -0.131. The van der Waals surface area contributed by atoms with Gasteiger partial charge in [-0.3, -0.25) is 9.59 Å². The Morgan fingerprint density at radius 2 is 1.88 bits per heavy atom. The number of hydrogen-bond acceptors (Lipinski definition) is 2. The number of anilines is 1. The lowest BCUT2D eigenvalue weighted by atomic mass is 10.2. The van der Waals surface area contributed by atoms with E-state index in [2.05, 4.69) is 27.9 Å². The van der Waals surface area contributed by atoms with Gasteiger partial charge in [-0.05, 0) is 46.9 Å². The van der Waals surface area contributed by atoms with E-state index in [1.165, 1.54) is 0 Å². The molecule has 0 aliphatic carbocycles. The minimum atomic E-state index is -0.0682. The van der Waals surface area contributed by atoms with Crippen molar-refractivity contribution in [3.05, 3.63) is 27.8 Å². The topological polar surface area (TPSA) is 49.4 Å². The van der Waals surface area contributed by atoms with E-state index in [-0.39, 0.29) is 18.4 Å². The Bertz CT molecular complexity index is 416. The molecule has 1 aliphatic heterocycles. The zero-order chi connectivity index (χ0) is 11.5. The summed E-state index contributed by atoms with van der Waals surface area (Å²) in [5, 5.41) is 2.57. The zero-order valence-electron chi connectivity index (χ0n) is 8.57. The van der Waals surface area contributed by atoms with Crippen molar-refractivity contribution in [2.24, 2.45) is 0 Å². The fourth-order valence-electron chi connectivity index (χ4n) is 1.59. The summed E-state index contributed by atoms with van der Waals surface area (Å²) < 4.78 is 1.12. The first-order valence-corrected chi connectivity index (χ1v) is 6.07. The molecular weight excluding hydrogens is 319 g/mol. The maximum Gasteiger partial charge on any atom is 0.246 e. The highest BCUT2D eigenvalue weighted by atomic mass is 127. The van der Waals surface area contributed by atoms with Crippen LogP contribution in [0.3, 0.4) is 0 Å². The van der Waals surface area contributed by atoms with Crippen LogP contribution in [0.2, 0.25) is 0 Å². The van der Waals surface area contributed by atoms with E-state index in [1.807, 2.05) is 24.3 Å². The molecule has 5 heteroatoms. The van der Waals surface area contributed by atoms with Gasteiger partial charge in [-0.15, -0.1) is 0 Å². The summed E-state index contributed by atoms with van der Waals surface area (Å²) in [6, 6.07) is 7.69. The lowest BCUT2D eigenvalue weighted by molar-refractivity contribution is -0.123. The second-order valence-corrected chi connectivity index (χ2v) is 4.79. The summed E-state index contributed by atoms with van der Waals surface area (Å²) >= 11 is 2.21. The van der Waals surface area contributed by atoms with E-state index >= 15 is 0 Å². The van der Waals surface area contributed by atoms with Crippen LogP contribution in [0.15, 0.2) is 24.3 Å². The number of rotatable bonds is 1. The third kappa shape index (κ3) is 2.52. The van der Waals surface area contributed by atoms with Crippen molar-refractivity contribution in [3.8, 4) is 0 Å². The normalized spacial score (nSPS) is 16.9. The van der Waals surface area contributed by atoms with Gasteiger partial charge in [-0.1, -0.05) is 0 Å². The second-order valence-electron chi connectivity index (χ2n) is 3.55. The lowest BCUT2D eigenvalue weighted by Crippen LogP contribution is -2.35. The van der Waals surface area contributed by atoms with E-state index in [0.717, 1.165) is 9.26 Å². The molecule has 1 N–H and O–H groups in total. The van der Waals surface area contributed by atoms with Gasteiger partial charge < -0.3 is 10.2 Å². The highest BCUT2D eigenvalue weighted by molar-refractivity contribution is 14.1. The van der Waals surface area contributed by atoms with Crippen molar-refractivity contribution >= 4 is 40.1 Å². The molecule has 16 heavy (non-hydrogen) atoms. The molecule has 4 nitrogen and oxygen atoms in total. The molecule has 1 saturated heterocycles. The van der Waals surface area contributed by atoms with Crippen LogP contribution in [-0.2, 0) is 9.59 Å². The summed E-state index contributed by atoms with van der Waals surface area (Å²) in [5.41, 5.74) is 0.849. The Kier molecular flexibility index (Phi) is 3.42. The quantitative estimate of drug-likeness (QED) is 0.786. The Hall–Kier alpha value is -1.11. The first-order valence-electron chi connectivity index (χ1n) is 4.99. The molecule has 1 aromatic rings. The van der Waals surface area contributed by atoms with Crippen LogP contribution >= 0.6 is 22.6 Å². The highest BCUT2D eigenvalue weighted by Gasteiger charge is 2.20. The molecule has 2 amide bonds. The molecule has 1 fully saturated rings. The maximum atomic E-state index is 11.8. The first-order chi connectivity index (χ1) is 7.66. The number of carbonyl (C=O) groups excluding carboxylic acids is 2. The molecule has 2 rings (SSSR count). The number of carbonyl (C=O) groups is 2. The van der Waals surface area contributed by atoms with Gasteiger partial charge >= 0.3 is 0 Å². The zero-order valence-corrected chi connectivity index (χ0v) is 10.7. The molecule has 0 saturated carbocycles. The van der Waals surface area contributed by atoms with Crippen molar-refractivity contribution < 1.29 is 9.59 Å². The smallest absolute Gasteiger partial charge is 0.246 e. The number of benzene rings is 1. The number of amides is 2. The molecule has 1 heterocycles. The molecule has 1 aromatic carbocycles. The fourth-order valence-corrected chi connectivity index (χ4v) is 1.95. The molecule has 0 atom stereocenters.